The Bertz CT molecular complexity index is 1500. The van der Waals surface area contributed by atoms with Gasteiger partial charge in [-0.15, -0.1) is 0 Å². The van der Waals surface area contributed by atoms with E-state index in [9.17, 15) is 19.4 Å². The highest BCUT2D eigenvalue weighted by Gasteiger charge is 2.27. The molecule has 3 N–H and O–H groups in total. The molecule has 0 saturated heterocycles. The van der Waals surface area contributed by atoms with Crippen molar-refractivity contribution in [3.05, 3.63) is 109 Å². The van der Waals surface area contributed by atoms with Crippen LogP contribution in [0.1, 0.15) is 219 Å². The number of hydrogen-bond donors (Lipinski definition) is 3. The Morgan fingerprint density at radius 3 is 1.31 bits per heavy atom. The molecule has 0 rings (SSSR count). The Kier molecular flexibility index (Phi) is 49.0. The Balaban J connectivity index is 4.40. The average molecular weight is 997 g/mol. The number of allylic oxidation sites excluding steroid dienone is 17. The standard InChI is InChI=1S/C61H107N2O6P/c1-6-8-10-12-14-16-18-20-22-24-26-28-30-31-33-34-36-38-40-42-44-46-48-50-52-54-60(64)59(58-69-70(66,67)68-57-56-63(3,4)5)62-61(65)55-53-51-49-47-45-43-41-39-37-35-32-29-27-25-23-21-19-17-15-13-11-9-7-2/h9,11,15,17,21,23,27,29,35-38,41,43-44,46,52,54,59-60,64H,6-8,10,12-14,16,18-20,22,24-26,28,30-34,39-40,42,45,47-51,53,55-58H2,1-5H3,(H-,62,65,66,67)/p+1/b11-9-,17-15-,23-21-,29-27-,37-35-,38-36+,43-41-,46-44+,54-52+. The van der Waals surface area contributed by atoms with Gasteiger partial charge in [-0.3, -0.25) is 13.8 Å². The number of phosphoric ester groups is 1. The molecular weight excluding hydrogens is 888 g/mol. The van der Waals surface area contributed by atoms with E-state index in [1.165, 1.54) is 103 Å². The Morgan fingerprint density at radius 1 is 0.500 bits per heavy atom. The van der Waals surface area contributed by atoms with Gasteiger partial charge in [0, 0.05) is 6.42 Å². The molecule has 3 atom stereocenters. The van der Waals surface area contributed by atoms with Crippen LogP contribution in [0.25, 0.3) is 0 Å². The van der Waals surface area contributed by atoms with Gasteiger partial charge in [-0.2, -0.15) is 0 Å². The van der Waals surface area contributed by atoms with Gasteiger partial charge >= 0.3 is 7.82 Å². The lowest BCUT2D eigenvalue weighted by Crippen LogP contribution is -2.45. The highest BCUT2D eigenvalue weighted by molar-refractivity contribution is 7.47. The van der Waals surface area contributed by atoms with E-state index >= 15 is 0 Å². The number of likely N-dealkylation sites (N-methyl/N-ethyl adjacent to an activating group) is 1. The molecule has 0 aromatic rings. The molecular formula is C61H108N2O6P+. The Hall–Kier alpha value is -2.84. The lowest BCUT2D eigenvalue weighted by molar-refractivity contribution is -0.870. The van der Waals surface area contributed by atoms with Gasteiger partial charge in [0.1, 0.15) is 13.2 Å². The van der Waals surface area contributed by atoms with Crippen molar-refractivity contribution in [3.8, 4) is 0 Å². The quantitative estimate of drug-likeness (QED) is 0.0243. The summed E-state index contributed by atoms with van der Waals surface area (Å²) >= 11 is 0. The van der Waals surface area contributed by atoms with Crippen molar-refractivity contribution in [2.45, 2.75) is 231 Å². The van der Waals surface area contributed by atoms with Crippen LogP contribution in [-0.4, -0.2) is 73.4 Å². The zero-order chi connectivity index (χ0) is 51.3. The van der Waals surface area contributed by atoms with E-state index < -0.39 is 20.0 Å². The molecule has 0 spiro atoms. The summed E-state index contributed by atoms with van der Waals surface area (Å²) in [4.78, 5) is 23.3. The second-order valence-corrected chi connectivity index (χ2v) is 21.4. The van der Waals surface area contributed by atoms with Crippen molar-refractivity contribution in [1.82, 2.24) is 5.32 Å². The molecule has 0 radical (unpaired) electrons. The summed E-state index contributed by atoms with van der Waals surface area (Å²) in [7, 11) is 1.51. The normalized spacial score (nSPS) is 14.8. The largest absolute Gasteiger partial charge is 0.472 e. The molecule has 0 heterocycles. The first-order valence-electron chi connectivity index (χ1n) is 28.3. The summed E-state index contributed by atoms with van der Waals surface area (Å²) in [5, 5.41) is 13.9. The average Bonchev–Trinajstić information content (AvgIpc) is 3.32. The number of phosphoric acid groups is 1. The van der Waals surface area contributed by atoms with Crippen LogP contribution in [0.4, 0.5) is 0 Å². The summed E-state index contributed by atoms with van der Waals surface area (Å²) in [5.74, 6) is -0.219. The number of aliphatic hydroxyl groups excluding tert-OH is 1. The summed E-state index contributed by atoms with van der Waals surface area (Å²) in [6, 6.07) is -0.893. The van der Waals surface area contributed by atoms with Crippen LogP contribution in [0.15, 0.2) is 109 Å². The van der Waals surface area contributed by atoms with E-state index in [0.29, 0.717) is 17.4 Å². The van der Waals surface area contributed by atoms with Gasteiger partial charge in [-0.1, -0.05) is 226 Å². The highest BCUT2D eigenvalue weighted by Crippen LogP contribution is 2.43. The number of aliphatic hydroxyl groups is 1. The molecule has 0 fully saturated rings. The third-order valence-electron chi connectivity index (χ3n) is 12.0. The smallest absolute Gasteiger partial charge is 0.387 e. The molecule has 0 aromatic carbocycles. The molecule has 3 unspecified atom stereocenters. The van der Waals surface area contributed by atoms with Crippen molar-refractivity contribution in [2.24, 2.45) is 0 Å². The lowest BCUT2D eigenvalue weighted by atomic mass is 10.0. The number of nitrogens with zero attached hydrogens (tertiary/aromatic N) is 1. The van der Waals surface area contributed by atoms with Crippen LogP contribution >= 0.6 is 7.82 Å². The van der Waals surface area contributed by atoms with Gasteiger partial charge in [0.2, 0.25) is 5.91 Å². The fourth-order valence-corrected chi connectivity index (χ4v) is 8.28. The minimum Gasteiger partial charge on any atom is -0.387 e. The van der Waals surface area contributed by atoms with Crippen molar-refractivity contribution < 1.29 is 32.9 Å². The second-order valence-electron chi connectivity index (χ2n) is 19.9. The molecule has 9 heteroatoms. The van der Waals surface area contributed by atoms with Gasteiger partial charge in [0.05, 0.1) is 39.9 Å². The van der Waals surface area contributed by atoms with Crippen molar-refractivity contribution in [2.75, 3.05) is 40.9 Å². The maximum Gasteiger partial charge on any atom is 0.472 e. The molecule has 0 bridgehead atoms. The van der Waals surface area contributed by atoms with Crippen molar-refractivity contribution >= 4 is 13.7 Å². The second kappa shape index (κ2) is 51.1. The number of unbranched alkanes of at least 4 members (excludes halogenated alkanes) is 21. The van der Waals surface area contributed by atoms with Crippen LogP contribution in [-0.2, 0) is 18.4 Å². The van der Waals surface area contributed by atoms with E-state index in [-0.39, 0.29) is 19.1 Å². The third-order valence-corrected chi connectivity index (χ3v) is 12.9. The predicted octanol–water partition coefficient (Wildman–Crippen LogP) is 17.2. The third kappa shape index (κ3) is 53.0. The van der Waals surface area contributed by atoms with Crippen molar-refractivity contribution in [3.63, 3.8) is 0 Å². The zero-order valence-corrected chi connectivity index (χ0v) is 46.6. The maximum atomic E-state index is 13.0. The fourth-order valence-electron chi connectivity index (χ4n) is 7.55. The first-order valence-corrected chi connectivity index (χ1v) is 29.8. The van der Waals surface area contributed by atoms with E-state index in [4.69, 9.17) is 9.05 Å². The van der Waals surface area contributed by atoms with Gasteiger partial charge in [0.15, 0.2) is 0 Å². The Labute approximate surface area is 431 Å². The number of carbonyl (C=O) groups is 1. The molecule has 402 valence electrons. The van der Waals surface area contributed by atoms with E-state index in [1.807, 2.05) is 27.2 Å². The number of quaternary nitrogens is 1. The highest BCUT2D eigenvalue weighted by atomic mass is 31.2. The molecule has 0 aromatic heterocycles. The van der Waals surface area contributed by atoms with E-state index in [2.05, 4.69) is 116 Å². The molecule has 0 saturated carbocycles. The maximum absolute atomic E-state index is 13.0. The van der Waals surface area contributed by atoms with Crippen LogP contribution in [0.5, 0.6) is 0 Å². The SMILES string of the molecule is CC/C=C\C/C=C\C/C=C\C/C=C\C/C=C\C/C=C\CCCCCCC(=O)NC(COP(=O)(O)OCC[N+](C)(C)C)C(O)/C=C/CC/C=C/CC/C=C/CCCCCCCCCCCCCCCCC. The predicted molar refractivity (Wildman–Crippen MR) is 304 cm³/mol. The molecule has 1 amide bonds. The number of amides is 1. The van der Waals surface area contributed by atoms with Crippen molar-refractivity contribution in [1.29, 1.82) is 0 Å². The van der Waals surface area contributed by atoms with Gasteiger partial charge in [-0.05, 0) is 96.3 Å². The molecule has 0 aliphatic heterocycles. The molecule has 0 aliphatic carbocycles. The van der Waals surface area contributed by atoms with Crippen LogP contribution < -0.4 is 5.32 Å². The first kappa shape index (κ1) is 67.2. The van der Waals surface area contributed by atoms with E-state index in [1.54, 1.807) is 6.08 Å². The zero-order valence-electron chi connectivity index (χ0n) is 45.7. The van der Waals surface area contributed by atoms with E-state index in [0.717, 1.165) is 96.3 Å². The summed E-state index contributed by atoms with van der Waals surface area (Å²) in [6.45, 7) is 4.65. The monoisotopic (exact) mass is 996 g/mol. The van der Waals surface area contributed by atoms with Crippen LogP contribution in [0.3, 0.4) is 0 Å². The topological polar surface area (TPSA) is 105 Å². The Morgan fingerprint density at radius 2 is 0.871 bits per heavy atom. The molecule has 70 heavy (non-hydrogen) atoms. The first-order chi connectivity index (χ1) is 34.0. The van der Waals surface area contributed by atoms with Crippen LogP contribution in [0.2, 0.25) is 0 Å². The van der Waals surface area contributed by atoms with Crippen LogP contribution in [0, 0.1) is 0 Å². The fraction of sp³-hybridized carbons (Fsp3) is 0.689. The van der Waals surface area contributed by atoms with Gasteiger partial charge < -0.3 is 19.8 Å². The number of nitrogens with one attached hydrogen (secondary N) is 1. The summed E-state index contributed by atoms with van der Waals surface area (Å²) < 4.78 is 23.7. The molecule has 8 nitrogen and oxygen atoms in total. The number of carbonyl (C=O) groups excluding carboxylic acids is 1. The summed E-state index contributed by atoms with van der Waals surface area (Å²) in [5.41, 5.74) is 0. The molecule has 0 aliphatic rings. The minimum absolute atomic E-state index is 0.0419. The lowest BCUT2D eigenvalue weighted by Gasteiger charge is -2.25. The minimum atomic E-state index is -4.38. The summed E-state index contributed by atoms with van der Waals surface area (Å²) in [6.07, 6.45) is 74.8. The number of rotatable bonds is 50. The van der Waals surface area contributed by atoms with Gasteiger partial charge in [0.25, 0.3) is 0 Å². The van der Waals surface area contributed by atoms with Gasteiger partial charge in [-0.25, -0.2) is 4.57 Å². The number of hydrogen-bond acceptors (Lipinski definition) is 5.